The summed E-state index contributed by atoms with van der Waals surface area (Å²) in [6.07, 6.45) is 3.06. The molecule has 0 bridgehead atoms. The Bertz CT molecular complexity index is 1470. The van der Waals surface area contributed by atoms with Crippen LogP contribution < -0.4 is 26.2 Å². The third-order valence-corrected chi connectivity index (χ3v) is 5.18. The van der Waals surface area contributed by atoms with Crippen molar-refractivity contribution < 1.29 is 24.1 Å². The maximum absolute atomic E-state index is 12.7. The number of methoxy groups -OCH3 is 2. The molecule has 0 fully saturated rings. The van der Waals surface area contributed by atoms with Crippen molar-refractivity contribution in [2.75, 3.05) is 32.8 Å². The average molecular weight is 551 g/mol. The molecule has 0 amide bonds. The molecule has 40 heavy (non-hydrogen) atoms. The lowest BCUT2D eigenvalue weighted by Crippen LogP contribution is -2.18. The first kappa shape index (κ1) is 29.3. The van der Waals surface area contributed by atoms with Gasteiger partial charge >= 0.3 is 5.69 Å². The van der Waals surface area contributed by atoms with E-state index in [1.54, 1.807) is 50.6 Å². The number of nitrogens with zero attached hydrogens (tertiary/aromatic N) is 4. The lowest BCUT2D eigenvalue weighted by Gasteiger charge is -2.20. The van der Waals surface area contributed by atoms with Gasteiger partial charge in [-0.3, -0.25) is 15.2 Å². The number of hydrogen-bond donors (Lipinski definition) is 5. The topological polar surface area (TPSA) is 203 Å². The molecule has 1 atom stereocenters. The summed E-state index contributed by atoms with van der Waals surface area (Å²) in [7, 11) is 3.16. The molecule has 4 aromatic rings. The van der Waals surface area contributed by atoms with Crippen molar-refractivity contribution in [1.82, 2.24) is 24.7 Å². The van der Waals surface area contributed by atoms with Crippen molar-refractivity contribution in [2.24, 2.45) is 5.73 Å². The van der Waals surface area contributed by atoms with E-state index in [0.29, 0.717) is 47.4 Å². The summed E-state index contributed by atoms with van der Waals surface area (Å²) >= 11 is 0. The van der Waals surface area contributed by atoms with Crippen LogP contribution in [-0.2, 0) is 9.53 Å². The van der Waals surface area contributed by atoms with E-state index < -0.39 is 17.7 Å². The van der Waals surface area contributed by atoms with Gasteiger partial charge in [-0.05, 0) is 48.0 Å². The Labute approximate surface area is 229 Å². The van der Waals surface area contributed by atoms with Gasteiger partial charge in [0.05, 0.1) is 13.7 Å². The molecule has 1 unspecified atom stereocenters. The number of H-pyrrole nitrogens is 1. The van der Waals surface area contributed by atoms with Gasteiger partial charge in [-0.25, -0.2) is 14.8 Å². The minimum Gasteiger partial charge on any atom is -0.497 e. The number of benzene rings is 2. The third-order valence-electron chi connectivity index (χ3n) is 5.18. The van der Waals surface area contributed by atoms with Gasteiger partial charge in [-0.1, -0.05) is 0 Å². The zero-order valence-electron chi connectivity index (χ0n) is 22.1. The number of carboxylic acids is 1. The van der Waals surface area contributed by atoms with Crippen LogP contribution in [0.25, 0.3) is 5.95 Å². The Morgan fingerprint density at radius 1 is 1.12 bits per heavy atom. The fourth-order valence-corrected chi connectivity index (χ4v) is 3.43. The van der Waals surface area contributed by atoms with E-state index in [0.717, 1.165) is 11.6 Å². The normalized spacial score (nSPS) is 11.1. The highest BCUT2D eigenvalue weighted by molar-refractivity contribution is 5.95. The standard InChI is InChI=1S/C24H26N8O4.C2H4O2/c1-34-10-11-36-19-13-16(12-18(14-19)35-2)20(29-17-6-4-15(5-7-17)21(25)26)22-30-24(33)32(31-22)23-27-8-3-9-28-23;1-2(3)4/h3-9,12-14,20,29H,10-11H2,1-2H3,(H3,25,26)(H,30,31,33);1H3,(H,3,4). The van der Waals surface area contributed by atoms with Gasteiger partial charge in [0.1, 0.15) is 30.0 Å². The number of amidine groups is 1. The van der Waals surface area contributed by atoms with Crippen LogP contribution in [0.2, 0.25) is 0 Å². The number of carbonyl (C=O) groups is 1. The van der Waals surface area contributed by atoms with E-state index in [1.807, 2.05) is 12.1 Å². The van der Waals surface area contributed by atoms with Gasteiger partial charge in [-0.2, -0.15) is 0 Å². The number of aliphatic carboxylic acids is 1. The van der Waals surface area contributed by atoms with Crippen LogP contribution in [0.1, 0.15) is 29.9 Å². The fraction of sp³-hybridized carbons (Fsp3) is 0.231. The molecule has 14 nitrogen and oxygen atoms in total. The highest BCUT2D eigenvalue weighted by Crippen LogP contribution is 2.31. The lowest BCUT2D eigenvalue weighted by molar-refractivity contribution is -0.134. The molecule has 2 aromatic carbocycles. The molecular weight excluding hydrogens is 520 g/mol. The SMILES string of the molecule is CC(=O)O.COCCOc1cc(OC)cc(C(Nc2ccc(C(=N)N)cc2)c2nn(-c3ncccn3)c(=O)[nH]2)c1. The largest absolute Gasteiger partial charge is 0.497 e. The molecule has 0 aliphatic heterocycles. The highest BCUT2D eigenvalue weighted by atomic mass is 16.5. The van der Waals surface area contributed by atoms with Gasteiger partial charge < -0.3 is 30.4 Å². The Kier molecular flexibility index (Phi) is 10.3. The van der Waals surface area contributed by atoms with E-state index in [-0.39, 0.29) is 11.8 Å². The first-order chi connectivity index (χ1) is 19.2. The van der Waals surface area contributed by atoms with Gasteiger partial charge in [0.25, 0.3) is 11.9 Å². The number of aromatic amines is 1. The Morgan fingerprint density at radius 3 is 2.38 bits per heavy atom. The Morgan fingerprint density at radius 2 is 1.77 bits per heavy atom. The average Bonchev–Trinajstić information content (AvgIpc) is 3.33. The van der Waals surface area contributed by atoms with Crippen LogP contribution >= 0.6 is 0 Å². The smallest absolute Gasteiger partial charge is 0.350 e. The van der Waals surface area contributed by atoms with E-state index in [4.69, 9.17) is 35.3 Å². The second-order valence-corrected chi connectivity index (χ2v) is 8.15. The van der Waals surface area contributed by atoms with Gasteiger partial charge in [0.15, 0.2) is 5.82 Å². The zero-order chi connectivity index (χ0) is 29.1. The highest BCUT2D eigenvalue weighted by Gasteiger charge is 2.22. The molecule has 0 radical (unpaired) electrons. The molecule has 0 aliphatic carbocycles. The van der Waals surface area contributed by atoms with Crippen LogP contribution in [-0.4, -0.2) is 69.1 Å². The predicted octanol–water partition coefficient (Wildman–Crippen LogP) is 1.96. The lowest BCUT2D eigenvalue weighted by atomic mass is 10.0. The number of aromatic nitrogens is 5. The van der Waals surface area contributed by atoms with E-state index in [1.165, 1.54) is 12.4 Å². The summed E-state index contributed by atoms with van der Waals surface area (Å²) in [5.41, 5.74) is 7.10. The Balaban J connectivity index is 0.00000103. The van der Waals surface area contributed by atoms with Crippen LogP contribution in [0.15, 0.2) is 65.7 Å². The number of nitrogens with one attached hydrogen (secondary N) is 3. The number of rotatable bonds is 11. The maximum Gasteiger partial charge on any atom is 0.350 e. The fourth-order valence-electron chi connectivity index (χ4n) is 3.43. The molecule has 14 heteroatoms. The third kappa shape index (κ3) is 8.13. The van der Waals surface area contributed by atoms with Crippen molar-refractivity contribution in [3.05, 3.63) is 88.4 Å². The van der Waals surface area contributed by atoms with Gasteiger partial charge in [0, 0.05) is 43.7 Å². The van der Waals surface area contributed by atoms with Crippen molar-refractivity contribution >= 4 is 17.5 Å². The monoisotopic (exact) mass is 550 g/mol. The molecule has 2 heterocycles. The summed E-state index contributed by atoms with van der Waals surface area (Å²) in [6, 6.07) is 13.5. The number of carboxylic acid groups (broad SMARTS) is 1. The van der Waals surface area contributed by atoms with Crippen molar-refractivity contribution in [2.45, 2.75) is 13.0 Å². The number of hydrogen-bond acceptors (Lipinski definition) is 10. The minimum atomic E-state index is -0.833. The first-order valence-electron chi connectivity index (χ1n) is 11.9. The first-order valence-corrected chi connectivity index (χ1v) is 11.9. The van der Waals surface area contributed by atoms with Gasteiger partial charge in [-0.15, -0.1) is 9.78 Å². The molecule has 6 N–H and O–H groups in total. The summed E-state index contributed by atoms with van der Waals surface area (Å²) in [5, 5.41) is 22.9. The summed E-state index contributed by atoms with van der Waals surface area (Å²) in [5.74, 6) is 0.720. The van der Waals surface area contributed by atoms with Crippen LogP contribution in [0, 0.1) is 5.41 Å². The molecular formula is C26H30N8O6. The van der Waals surface area contributed by atoms with Crippen LogP contribution in [0.3, 0.4) is 0 Å². The van der Waals surface area contributed by atoms with Crippen molar-refractivity contribution in [3.63, 3.8) is 0 Å². The maximum atomic E-state index is 12.7. The number of nitrogens with two attached hydrogens (primary N) is 1. The summed E-state index contributed by atoms with van der Waals surface area (Å²) in [4.78, 5) is 32.8. The second-order valence-electron chi connectivity index (χ2n) is 8.15. The molecule has 2 aromatic heterocycles. The summed E-state index contributed by atoms with van der Waals surface area (Å²) in [6.45, 7) is 1.86. The molecule has 210 valence electrons. The van der Waals surface area contributed by atoms with E-state index in [2.05, 4.69) is 25.4 Å². The second kappa shape index (κ2) is 14.1. The van der Waals surface area contributed by atoms with Crippen molar-refractivity contribution in [3.8, 4) is 17.4 Å². The predicted molar refractivity (Wildman–Crippen MR) is 146 cm³/mol. The summed E-state index contributed by atoms with van der Waals surface area (Å²) < 4.78 is 17.5. The molecule has 0 saturated carbocycles. The number of anilines is 1. The van der Waals surface area contributed by atoms with Crippen LogP contribution in [0.5, 0.6) is 11.5 Å². The number of ether oxygens (including phenoxy) is 3. The molecule has 0 aliphatic rings. The van der Waals surface area contributed by atoms with E-state index >= 15 is 0 Å². The van der Waals surface area contributed by atoms with Gasteiger partial charge in [0.2, 0.25) is 0 Å². The molecule has 4 rings (SSSR count). The van der Waals surface area contributed by atoms with E-state index in [9.17, 15) is 4.79 Å². The Hall–Kier alpha value is -5.24. The van der Waals surface area contributed by atoms with Crippen LogP contribution in [0.4, 0.5) is 5.69 Å². The molecule has 0 spiro atoms. The van der Waals surface area contributed by atoms with Crippen molar-refractivity contribution in [1.29, 1.82) is 5.41 Å². The zero-order valence-corrected chi connectivity index (χ0v) is 22.1. The quantitative estimate of drug-likeness (QED) is 0.104. The minimum absolute atomic E-state index is 0.0327. The molecule has 0 saturated heterocycles. The number of nitrogen functional groups attached to an aromatic ring is 1.